The van der Waals surface area contributed by atoms with Gasteiger partial charge in [0.2, 0.25) is 5.95 Å². The third-order valence-electron chi connectivity index (χ3n) is 27.2. The van der Waals surface area contributed by atoms with Crippen LogP contribution < -0.4 is 0 Å². The molecular weight excluding hydrogens is 1780 g/mol. The molecule has 144 heavy (non-hydrogen) atoms. The molecule has 0 atom stereocenters. The molecule has 9 heterocycles. The molecule has 0 amide bonds. The van der Waals surface area contributed by atoms with Crippen LogP contribution in [0.25, 0.3) is 271 Å². The largest absolute Gasteiger partial charge is 0.456 e. The minimum atomic E-state index is 0.559. The van der Waals surface area contributed by atoms with Gasteiger partial charge >= 0.3 is 0 Å². The van der Waals surface area contributed by atoms with Crippen LogP contribution in [0.1, 0.15) is 0 Å². The predicted molar refractivity (Wildman–Crippen MR) is 590 cm³/mol. The molecular formula is C129H80N12O2S. The number of nitrogens with zero attached hydrogens (tertiary/aromatic N) is 12. The summed E-state index contributed by atoms with van der Waals surface area (Å²) in [4.78, 5) is 45.5. The van der Waals surface area contributed by atoms with E-state index in [-0.39, 0.29) is 0 Å². The van der Waals surface area contributed by atoms with Crippen LogP contribution in [0.3, 0.4) is 0 Å². The average Bonchev–Trinajstić information content (AvgIpc) is 1.43. The maximum atomic E-state index is 6.48. The molecule has 14 nitrogen and oxygen atoms in total. The molecule has 0 aliphatic rings. The van der Waals surface area contributed by atoms with Gasteiger partial charge in [0, 0.05) is 130 Å². The van der Waals surface area contributed by atoms with E-state index in [2.05, 4.69) is 372 Å². The summed E-state index contributed by atoms with van der Waals surface area (Å²) in [5.74, 6) is 5.51. The lowest BCUT2D eigenvalue weighted by Gasteiger charge is -2.12. The minimum Gasteiger partial charge on any atom is -0.456 e. The maximum Gasteiger partial charge on any atom is 0.238 e. The van der Waals surface area contributed by atoms with Crippen LogP contribution in [0.5, 0.6) is 0 Å². The zero-order valence-electron chi connectivity index (χ0n) is 77.3. The Kier molecular flexibility index (Phi) is 20.7. The molecule has 0 unspecified atom stereocenters. The Balaban J connectivity index is 0.000000108. The summed E-state index contributed by atoms with van der Waals surface area (Å²) in [5.41, 5.74) is 26.4. The van der Waals surface area contributed by atoms with E-state index < -0.39 is 0 Å². The van der Waals surface area contributed by atoms with Gasteiger partial charge in [0.15, 0.2) is 46.6 Å². The number of para-hydroxylation sites is 5. The lowest BCUT2D eigenvalue weighted by atomic mass is 9.99. The normalized spacial score (nSPS) is 11.6. The molecule has 0 saturated heterocycles. The van der Waals surface area contributed by atoms with Crippen molar-refractivity contribution >= 4 is 141 Å². The number of benzene rings is 20. The van der Waals surface area contributed by atoms with Gasteiger partial charge in [-0.2, -0.15) is 9.97 Å². The van der Waals surface area contributed by atoms with E-state index in [0.717, 1.165) is 160 Å². The minimum absolute atomic E-state index is 0.559. The van der Waals surface area contributed by atoms with E-state index in [9.17, 15) is 0 Å². The highest BCUT2D eigenvalue weighted by atomic mass is 32.1. The Labute approximate surface area is 829 Å². The second kappa shape index (κ2) is 35.6. The van der Waals surface area contributed by atoms with Crippen LogP contribution in [0.4, 0.5) is 0 Å². The van der Waals surface area contributed by atoms with Gasteiger partial charge in [0.1, 0.15) is 22.3 Å². The number of aromatic nitrogens is 12. The first-order valence-corrected chi connectivity index (χ1v) is 48.8. The van der Waals surface area contributed by atoms with Crippen LogP contribution in [0.2, 0.25) is 0 Å². The van der Waals surface area contributed by atoms with E-state index in [0.29, 0.717) is 52.5 Å². The fourth-order valence-corrected chi connectivity index (χ4v) is 21.5. The van der Waals surface area contributed by atoms with Gasteiger partial charge in [-0.15, -0.1) is 11.3 Å². The standard InChI is InChI=1S/C45H28N4O.C45H28N4S.C39H24N4O/c1-4-13-29(14-5-1)32-24-26-39-37(27-32)35-19-10-11-21-38(35)49(39)45-47-43(31-17-8-3-9-18-31)46-44(48-45)33-23-25-36-41(28-33)50-40-22-12-20-34(42(36)40)30-15-6-2-7-16-30;1-3-12-29(13-4-1)31-22-24-36-35-18-7-9-20-39(35)49(40(36)27-31)34-17-11-16-32(26-34)44-46-43(30-14-5-2-6-15-30)47-45(48-44)33-23-25-38-37-19-8-10-21-41(37)50-42(38)28-33;1-2-11-25(12-3-1)37-40-38(42-39(41-37)27-21-22-32-31-17-6-9-20-35(31)44-36(32)24-27)26-13-10-14-28(23-26)43-33-18-7-4-15-29(33)30-16-5-8-19-34(30)43/h2*1-28H;1-24H. The summed E-state index contributed by atoms with van der Waals surface area (Å²) in [5, 5.41) is 14.0. The van der Waals surface area contributed by atoms with Gasteiger partial charge in [0.05, 0.1) is 33.1 Å². The monoisotopic (exact) mass is 1860 g/mol. The highest BCUT2D eigenvalue weighted by Crippen LogP contribution is 2.45. The van der Waals surface area contributed by atoms with E-state index in [1.807, 2.05) is 127 Å². The highest BCUT2D eigenvalue weighted by molar-refractivity contribution is 7.25. The first-order chi connectivity index (χ1) is 71.3. The molecule has 0 saturated carbocycles. The SMILES string of the molecule is c1ccc(-c2ccc3c(c2)c2ccccc2n3-c2nc(-c3ccccc3)nc(-c3ccc4c(c3)oc3cccc(-c5ccccc5)c34)n2)cc1.c1ccc(-c2ccc3c4ccccc4n(-c4cccc(-c5nc(-c6ccccc6)nc(-c6ccc7c(c6)sc6ccccc67)n5)c4)c3c2)cc1.c1ccc(-c2nc(-c3cccc(-n4c5ccccc5c5ccccc54)c3)nc(-c3ccc4c(c3)oc3ccccc34)n2)cc1. The molecule has 20 aromatic carbocycles. The van der Waals surface area contributed by atoms with E-state index in [1.54, 1.807) is 11.3 Å². The van der Waals surface area contributed by atoms with Gasteiger partial charge in [-0.3, -0.25) is 4.57 Å². The van der Waals surface area contributed by atoms with Gasteiger partial charge < -0.3 is 18.0 Å². The van der Waals surface area contributed by atoms with Crippen molar-refractivity contribution in [2.24, 2.45) is 0 Å². The second-order valence-corrected chi connectivity index (χ2v) is 36.9. The number of thiophene rings is 1. The molecule has 0 aliphatic carbocycles. The first-order valence-electron chi connectivity index (χ1n) is 48.0. The van der Waals surface area contributed by atoms with Crippen molar-refractivity contribution in [1.82, 2.24) is 58.6 Å². The molecule has 0 spiro atoms. The maximum absolute atomic E-state index is 6.48. The van der Waals surface area contributed by atoms with Crippen molar-refractivity contribution in [3.63, 3.8) is 0 Å². The summed E-state index contributed by atoms with van der Waals surface area (Å²) < 4.78 is 22.0. The smallest absolute Gasteiger partial charge is 0.238 e. The Morgan fingerprint density at radius 2 is 0.479 bits per heavy atom. The number of hydrogen-bond acceptors (Lipinski definition) is 12. The van der Waals surface area contributed by atoms with E-state index >= 15 is 0 Å². The van der Waals surface area contributed by atoms with Crippen LogP contribution in [0, 0.1) is 0 Å². The molecule has 674 valence electrons. The number of hydrogen-bond donors (Lipinski definition) is 0. The zero-order chi connectivity index (χ0) is 95.1. The molecule has 9 aromatic heterocycles. The summed E-state index contributed by atoms with van der Waals surface area (Å²) in [6.07, 6.45) is 0. The van der Waals surface area contributed by atoms with E-state index in [1.165, 1.54) is 58.4 Å². The Morgan fingerprint density at radius 3 is 1.01 bits per heavy atom. The van der Waals surface area contributed by atoms with Crippen LogP contribution >= 0.6 is 11.3 Å². The predicted octanol–water partition coefficient (Wildman–Crippen LogP) is 33.4. The fourth-order valence-electron chi connectivity index (χ4n) is 20.4. The van der Waals surface area contributed by atoms with Crippen molar-refractivity contribution in [2.75, 3.05) is 0 Å². The third kappa shape index (κ3) is 15.2. The number of rotatable bonds is 14. The molecule has 0 fully saturated rings. The Bertz CT molecular complexity index is 10000. The molecule has 29 rings (SSSR count). The number of fused-ring (bicyclic) bond motifs is 18. The van der Waals surface area contributed by atoms with Crippen LogP contribution in [-0.2, 0) is 0 Å². The van der Waals surface area contributed by atoms with Crippen molar-refractivity contribution in [3.8, 4) is 142 Å². The average molecular weight is 1860 g/mol. The molecule has 0 bridgehead atoms. The summed E-state index contributed by atoms with van der Waals surface area (Å²) in [6.45, 7) is 0. The summed E-state index contributed by atoms with van der Waals surface area (Å²) in [6, 6.07) is 168. The van der Waals surface area contributed by atoms with Gasteiger partial charge in [-0.1, -0.05) is 370 Å². The van der Waals surface area contributed by atoms with Crippen LogP contribution in [0.15, 0.2) is 494 Å². The van der Waals surface area contributed by atoms with Crippen molar-refractivity contribution < 1.29 is 8.83 Å². The van der Waals surface area contributed by atoms with Gasteiger partial charge in [-0.25, -0.2) is 34.9 Å². The van der Waals surface area contributed by atoms with Crippen molar-refractivity contribution in [3.05, 3.63) is 485 Å². The third-order valence-corrected chi connectivity index (χ3v) is 28.3. The molecule has 0 radical (unpaired) electrons. The second-order valence-electron chi connectivity index (χ2n) is 35.8. The highest BCUT2D eigenvalue weighted by Gasteiger charge is 2.25. The molecule has 0 aliphatic heterocycles. The lowest BCUT2D eigenvalue weighted by molar-refractivity contribution is 0.668. The number of furan rings is 2. The topological polar surface area (TPSA) is 157 Å². The van der Waals surface area contributed by atoms with Crippen molar-refractivity contribution in [1.29, 1.82) is 0 Å². The zero-order valence-corrected chi connectivity index (χ0v) is 78.1. The molecule has 29 aromatic rings. The van der Waals surface area contributed by atoms with Gasteiger partial charge in [-0.05, 0) is 149 Å². The lowest BCUT2D eigenvalue weighted by Crippen LogP contribution is -2.06. The van der Waals surface area contributed by atoms with Crippen molar-refractivity contribution in [2.45, 2.75) is 0 Å². The van der Waals surface area contributed by atoms with Gasteiger partial charge in [0.25, 0.3) is 0 Å². The van der Waals surface area contributed by atoms with E-state index in [4.69, 9.17) is 53.7 Å². The fraction of sp³-hybridized carbons (Fsp3) is 0. The molecule has 0 N–H and O–H groups in total. The quantitative estimate of drug-likeness (QED) is 0.102. The Morgan fingerprint density at radius 1 is 0.160 bits per heavy atom. The molecule has 15 heteroatoms. The summed E-state index contributed by atoms with van der Waals surface area (Å²) >= 11 is 1.80. The first kappa shape index (κ1) is 84.0. The Hall–Kier alpha value is -19.4. The van der Waals surface area contributed by atoms with Crippen LogP contribution in [-0.4, -0.2) is 58.6 Å². The summed E-state index contributed by atoms with van der Waals surface area (Å²) in [7, 11) is 0.